The molecule has 2 aromatic heterocycles. The minimum absolute atomic E-state index is 0.0585. The smallest absolute Gasteiger partial charge is 0.248 e. The van der Waals surface area contributed by atoms with Crippen LogP contribution in [0.2, 0.25) is 5.02 Å². The Morgan fingerprint density at radius 3 is 2.93 bits per heavy atom. The third kappa shape index (κ3) is 5.70. The van der Waals surface area contributed by atoms with E-state index >= 15 is 0 Å². The topological polar surface area (TPSA) is 90.8 Å². The fraction of sp³-hybridized carbons (Fsp3) is 0.0588. The molecule has 6 nitrogen and oxygen atoms in total. The summed E-state index contributed by atoms with van der Waals surface area (Å²) in [4.78, 5) is 20.3. The van der Waals surface area contributed by atoms with Gasteiger partial charge >= 0.3 is 0 Å². The van der Waals surface area contributed by atoms with Gasteiger partial charge in [-0.1, -0.05) is 17.5 Å². The van der Waals surface area contributed by atoms with Crippen molar-refractivity contribution in [2.24, 2.45) is 0 Å². The number of pyridine rings is 2. The molecule has 0 spiro atoms. The molecule has 27 heavy (non-hydrogen) atoms. The third-order valence-electron chi connectivity index (χ3n) is 3.29. The lowest BCUT2D eigenvalue weighted by molar-refractivity contribution is -0.111. The van der Waals surface area contributed by atoms with E-state index in [0.717, 1.165) is 12.1 Å². The number of nitrogens with zero attached hydrogens (tertiary/aromatic N) is 2. The van der Waals surface area contributed by atoms with Crippen molar-refractivity contribution in [3.05, 3.63) is 52.2 Å². The van der Waals surface area contributed by atoms with Crippen molar-refractivity contribution in [1.82, 2.24) is 9.97 Å². The van der Waals surface area contributed by atoms with Crippen molar-refractivity contribution in [2.45, 2.75) is 6.92 Å². The van der Waals surface area contributed by atoms with Crippen molar-refractivity contribution in [3.63, 3.8) is 0 Å². The molecule has 0 bridgehead atoms. The molecule has 0 saturated carbocycles. The Hall–Kier alpha value is -2.08. The molecule has 0 aliphatic carbocycles. The van der Waals surface area contributed by atoms with Crippen LogP contribution < -0.4 is 10.4 Å². The van der Waals surface area contributed by atoms with E-state index in [9.17, 15) is 9.18 Å². The summed E-state index contributed by atoms with van der Waals surface area (Å²) in [7, 11) is 0. The summed E-state index contributed by atoms with van der Waals surface area (Å²) < 4.78 is 14.3. The largest absolute Gasteiger partial charge is 0.343 e. The Bertz CT molecular complexity index is 977. The number of hydrogen-bond donors (Lipinski definition) is 3. The Labute approximate surface area is 175 Å². The highest BCUT2D eigenvalue weighted by atomic mass is 127. The molecule has 0 aliphatic rings. The minimum atomic E-state index is -0.697. The van der Waals surface area contributed by atoms with E-state index in [4.69, 9.17) is 23.4 Å². The quantitative estimate of drug-likeness (QED) is 0.173. The summed E-state index contributed by atoms with van der Waals surface area (Å²) in [6.07, 6.45) is 9.32. The number of anilines is 2. The predicted octanol–water partition coefficient (Wildman–Crippen LogP) is 4.59. The SMILES string of the molecule is C#CC(=N)c1cc(F)c(/C=C/C(=O)Nc2cc(Cl)cnc2C)nc1NPI. The zero-order valence-electron chi connectivity index (χ0n) is 13.9. The zero-order valence-corrected chi connectivity index (χ0v) is 17.8. The van der Waals surface area contributed by atoms with Crippen LogP contribution in [0.15, 0.2) is 24.4 Å². The van der Waals surface area contributed by atoms with Gasteiger partial charge < -0.3 is 10.4 Å². The van der Waals surface area contributed by atoms with Crippen LogP contribution in [0.3, 0.4) is 0 Å². The standard InChI is InChI=1S/C17H13ClFIN5OP/c1-3-13(21)11-7-12(19)14(24-17(11)25-27-20)4-5-16(26)23-15-6-10(18)8-22-9(15)2/h1,4-8,21,27H,2H3,(H,23,26)(H,24,25)/b5-4+,21-13?. The monoisotopic (exact) mass is 515 g/mol. The second-order valence-electron chi connectivity index (χ2n) is 5.10. The lowest BCUT2D eigenvalue weighted by Crippen LogP contribution is -2.10. The average Bonchev–Trinajstić information content (AvgIpc) is 2.64. The van der Waals surface area contributed by atoms with Crippen LogP contribution in [0.25, 0.3) is 6.08 Å². The van der Waals surface area contributed by atoms with E-state index in [0.29, 0.717) is 16.4 Å². The van der Waals surface area contributed by atoms with E-state index in [-0.39, 0.29) is 29.2 Å². The summed E-state index contributed by atoms with van der Waals surface area (Å²) in [5.41, 5.74) is 0.989. The van der Waals surface area contributed by atoms with Crippen LogP contribution >= 0.6 is 40.0 Å². The molecule has 0 saturated heterocycles. The Balaban J connectivity index is 2.26. The van der Waals surface area contributed by atoms with Gasteiger partial charge in [0.25, 0.3) is 0 Å². The molecule has 1 atom stereocenters. The van der Waals surface area contributed by atoms with Crippen LogP contribution in [0.5, 0.6) is 0 Å². The first-order valence-electron chi connectivity index (χ1n) is 7.34. The second kappa shape index (κ2) is 9.74. The number of hydrogen-bond acceptors (Lipinski definition) is 5. The van der Waals surface area contributed by atoms with Gasteiger partial charge in [-0.25, -0.2) is 9.37 Å². The fourth-order valence-electron chi connectivity index (χ4n) is 1.99. The van der Waals surface area contributed by atoms with Crippen LogP contribution in [0, 0.1) is 30.5 Å². The van der Waals surface area contributed by atoms with Crippen LogP contribution in [-0.2, 0) is 4.79 Å². The maximum Gasteiger partial charge on any atom is 0.248 e. The van der Waals surface area contributed by atoms with Crippen molar-refractivity contribution in [2.75, 3.05) is 10.4 Å². The molecular formula is C17H13ClFIN5OP. The lowest BCUT2D eigenvalue weighted by atomic mass is 10.1. The fourth-order valence-corrected chi connectivity index (χ4v) is 3.20. The van der Waals surface area contributed by atoms with Crippen LogP contribution in [0.1, 0.15) is 17.0 Å². The summed E-state index contributed by atoms with van der Waals surface area (Å²) in [5, 5.41) is 13.7. The van der Waals surface area contributed by atoms with Crippen molar-refractivity contribution in [1.29, 1.82) is 5.41 Å². The van der Waals surface area contributed by atoms with Gasteiger partial charge in [-0.05, 0) is 47.2 Å². The number of terminal acetylenes is 1. The molecular weight excluding hydrogens is 503 g/mol. The molecule has 0 radical (unpaired) electrons. The summed E-state index contributed by atoms with van der Waals surface area (Å²) in [6.45, 7) is 1.72. The first-order valence-corrected chi connectivity index (χ1v) is 11.8. The van der Waals surface area contributed by atoms with Crippen molar-refractivity contribution in [3.8, 4) is 12.3 Å². The van der Waals surface area contributed by atoms with Gasteiger partial charge in [0.15, 0.2) is 0 Å². The molecule has 0 fully saturated rings. The minimum Gasteiger partial charge on any atom is -0.343 e. The normalized spacial score (nSPS) is 10.9. The molecule has 2 aromatic rings. The van der Waals surface area contributed by atoms with E-state index in [2.05, 4.69) is 48.3 Å². The van der Waals surface area contributed by atoms with Gasteiger partial charge in [0.1, 0.15) is 23.0 Å². The average molecular weight is 516 g/mol. The van der Waals surface area contributed by atoms with Gasteiger partial charge in [0.2, 0.25) is 5.91 Å². The number of carbonyl (C=O) groups excluding carboxylic acids is 1. The molecule has 138 valence electrons. The van der Waals surface area contributed by atoms with Crippen molar-refractivity contribution < 1.29 is 9.18 Å². The number of aryl methyl sites for hydroxylation is 1. The van der Waals surface area contributed by atoms with Gasteiger partial charge in [-0.3, -0.25) is 15.2 Å². The Morgan fingerprint density at radius 2 is 2.26 bits per heavy atom. The lowest BCUT2D eigenvalue weighted by Gasteiger charge is -2.09. The second-order valence-corrected chi connectivity index (χ2v) is 7.59. The van der Waals surface area contributed by atoms with Crippen LogP contribution in [0.4, 0.5) is 15.9 Å². The van der Waals surface area contributed by atoms with Crippen LogP contribution in [-0.4, -0.2) is 21.6 Å². The summed E-state index contributed by atoms with van der Waals surface area (Å²) in [6, 6.07) is 2.69. The third-order valence-corrected chi connectivity index (χ3v) is 4.63. The first kappa shape index (κ1) is 21.2. The van der Waals surface area contributed by atoms with Gasteiger partial charge in [0.05, 0.1) is 22.0 Å². The Morgan fingerprint density at radius 1 is 1.52 bits per heavy atom. The molecule has 0 aliphatic heterocycles. The van der Waals surface area contributed by atoms with Gasteiger partial charge in [0, 0.05) is 18.6 Å². The number of aromatic nitrogens is 2. The number of carbonyl (C=O) groups is 1. The number of amides is 1. The highest BCUT2D eigenvalue weighted by molar-refractivity contribution is 14.2. The van der Waals surface area contributed by atoms with E-state index in [1.54, 1.807) is 13.0 Å². The number of nitrogens with one attached hydrogen (secondary N) is 3. The highest BCUT2D eigenvalue weighted by Crippen LogP contribution is 2.27. The van der Waals surface area contributed by atoms with E-state index in [1.165, 1.54) is 12.3 Å². The molecule has 1 amide bonds. The Kier molecular flexibility index (Phi) is 7.66. The molecule has 2 heterocycles. The molecule has 0 aromatic carbocycles. The first-order chi connectivity index (χ1) is 12.8. The maximum absolute atomic E-state index is 14.3. The summed E-state index contributed by atoms with van der Waals surface area (Å²) in [5.74, 6) is 1.24. The van der Waals surface area contributed by atoms with E-state index < -0.39 is 11.7 Å². The highest BCUT2D eigenvalue weighted by Gasteiger charge is 2.13. The molecule has 10 heteroatoms. The zero-order chi connectivity index (χ0) is 20.0. The number of halogens is 3. The van der Waals surface area contributed by atoms with Crippen molar-refractivity contribution >= 4 is 69.2 Å². The van der Waals surface area contributed by atoms with Gasteiger partial charge in [-0.2, -0.15) is 0 Å². The maximum atomic E-state index is 14.3. The molecule has 3 N–H and O–H groups in total. The summed E-state index contributed by atoms with van der Waals surface area (Å²) >= 11 is 7.94. The molecule has 1 unspecified atom stereocenters. The predicted molar refractivity (Wildman–Crippen MR) is 117 cm³/mol. The van der Waals surface area contributed by atoms with Gasteiger partial charge in [-0.15, -0.1) is 6.42 Å². The molecule has 2 rings (SSSR count). The number of rotatable bonds is 6. The van der Waals surface area contributed by atoms with E-state index in [1.807, 2.05) is 0 Å².